The molecular formula is C20H33N3O2. The first-order valence-electron chi connectivity index (χ1n) is 9.55. The van der Waals surface area contributed by atoms with Crippen molar-refractivity contribution < 1.29 is 9.90 Å². The number of aryl methyl sites for hydroxylation is 1. The normalized spacial score (nSPS) is 21.0. The molecule has 2 unspecified atom stereocenters. The third kappa shape index (κ3) is 7.78. The van der Waals surface area contributed by atoms with E-state index in [1.54, 1.807) is 12.1 Å². The Morgan fingerprint density at radius 1 is 1.08 bits per heavy atom. The zero-order valence-corrected chi connectivity index (χ0v) is 15.6. The largest absolute Gasteiger partial charge is 0.508 e. The van der Waals surface area contributed by atoms with Crippen molar-refractivity contribution in [1.29, 1.82) is 0 Å². The zero-order chi connectivity index (χ0) is 18.1. The standard InChI is InChI=1S/C20H33N3O2/c1-16-13-17(2)15-23(14-16)12-4-11-22-20(25)21-10-3-5-18-6-8-19(24)9-7-18/h6-9,16-17,24H,3-5,10-15H2,1-2H3,(H2,21,22,25). The molecule has 1 aromatic rings. The molecule has 1 saturated heterocycles. The molecular weight excluding hydrogens is 314 g/mol. The topological polar surface area (TPSA) is 64.6 Å². The minimum atomic E-state index is -0.0777. The Morgan fingerprint density at radius 2 is 1.68 bits per heavy atom. The van der Waals surface area contributed by atoms with Gasteiger partial charge in [0, 0.05) is 26.2 Å². The van der Waals surface area contributed by atoms with Gasteiger partial charge in [-0.05, 0) is 61.8 Å². The molecule has 1 fully saturated rings. The van der Waals surface area contributed by atoms with Gasteiger partial charge in [-0.3, -0.25) is 0 Å². The SMILES string of the molecule is CC1CC(C)CN(CCCNC(=O)NCCCc2ccc(O)cc2)C1. The average molecular weight is 348 g/mol. The molecule has 0 aliphatic carbocycles. The van der Waals surface area contributed by atoms with Crippen molar-refractivity contribution in [1.82, 2.24) is 15.5 Å². The lowest BCUT2D eigenvalue weighted by molar-refractivity contribution is 0.139. The summed E-state index contributed by atoms with van der Waals surface area (Å²) in [4.78, 5) is 14.3. The summed E-state index contributed by atoms with van der Waals surface area (Å²) in [6, 6.07) is 7.14. The van der Waals surface area contributed by atoms with Gasteiger partial charge in [-0.15, -0.1) is 0 Å². The number of hydrogen-bond donors (Lipinski definition) is 3. The van der Waals surface area contributed by atoms with Crippen molar-refractivity contribution >= 4 is 6.03 Å². The van der Waals surface area contributed by atoms with Crippen molar-refractivity contribution in [2.75, 3.05) is 32.7 Å². The summed E-state index contributed by atoms with van der Waals surface area (Å²) < 4.78 is 0. The molecule has 5 nitrogen and oxygen atoms in total. The molecule has 25 heavy (non-hydrogen) atoms. The van der Waals surface area contributed by atoms with Crippen LogP contribution < -0.4 is 10.6 Å². The molecule has 0 radical (unpaired) electrons. The summed E-state index contributed by atoms with van der Waals surface area (Å²) in [5, 5.41) is 15.1. The number of nitrogens with one attached hydrogen (secondary N) is 2. The van der Waals surface area contributed by atoms with Gasteiger partial charge in [0.25, 0.3) is 0 Å². The van der Waals surface area contributed by atoms with Crippen LogP contribution in [0.1, 0.15) is 38.7 Å². The van der Waals surface area contributed by atoms with E-state index in [1.807, 2.05) is 12.1 Å². The molecule has 1 aliphatic heterocycles. The Hall–Kier alpha value is -1.75. The molecule has 1 heterocycles. The van der Waals surface area contributed by atoms with Gasteiger partial charge in [0.2, 0.25) is 0 Å². The maximum absolute atomic E-state index is 11.8. The zero-order valence-electron chi connectivity index (χ0n) is 15.6. The summed E-state index contributed by atoms with van der Waals surface area (Å²) in [7, 11) is 0. The second kappa shape index (κ2) is 10.3. The lowest BCUT2D eigenvalue weighted by Gasteiger charge is -2.34. The first kappa shape index (κ1) is 19.6. The number of piperidine rings is 1. The molecule has 140 valence electrons. The van der Waals surface area contributed by atoms with E-state index < -0.39 is 0 Å². The molecule has 3 N–H and O–H groups in total. The lowest BCUT2D eigenvalue weighted by atomic mass is 9.92. The molecule has 0 bridgehead atoms. The van der Waals surface area contributed by atoms with E-state index in [0.717, 1.165) is 44.2 Å². The van der Waals surface area contributed by atoms with Gasteiger partial charge in [0.1, 0.15) is 5.75 Å². The smallest absolute Gasteiger partial charge is 0.314 e. The molecule has 2 amide bonds. The van der Waals surface area contributed by atoms with Gasteiger partial charge >= 0.3 is 6.03 Å². The highest BCUT2D eigenvalue weighted by Crippen LogP contribution is 2.20. The number of benzene rings is 1. The Labute approximate surface area is 151 Å². The van der Waals surface area contributed by atoms with E-state index in [0.29, 0.717) is 6.54 Å². The number of aromatic hydroxyl groups is 1. The van der Waals surface area contributed by atoms with Gasteiger partial charge in [0.15, 0.2) is 0 Å². The minimum Gasteiger partial charge on any atom is -0.508 e. The highest BCUT2D eigenvalue weighted by Gasteiger charge is 2.20. The van der Waals surface area contributed by atoms with E-state index >= 15 is 0 Å². The van der Waals surface area contributed by atoms with Crippen molar-refractivity contribution in [3.8, 4) is 5.75 Å². The van der Waals surface area contributed by atoms with Crippen LogP contribution in [0.5, 0.6) is 5.75 Å². The molecule has 0 spiro atoms. The quantitative estimate of drug-likeness (QED) is 0.634. The molecule has 2 atom stereocenters. The van der Waals surface area contributed by atoms with Crippen LogP contribution in [0.3, 0.4) is 0 Å². The number of rotatable bonds is 8. The number of hydrogen-bond acceptors (Lipinski definition) is 3. The van der Waals surface area contributed by atoms with Gasteiger partial charge in [0.05, 0.1) is 0 Å². The van der Waals surface area contributed by atoms with Crippen molar-refractivity contribution in [3.05, 3.63) is 29.8 Å². The number of urea groups is 1. The first-order valence-corrected chi connectivity index (χ1v) is 9.55. The molecule has 1 aliphatic rings. The third-order valence-corrected chi connectivity index (χ3v) is 4.75. The number of phenolic OH excluding ortho intramolecular Hbond substituents is 1. The predicted molar refractivity (Wildman–Crippen MR) is 102 cm³/mol. The van der Waals surface area contributed by atoms with Crippen LogP contribution in [0.2, 0.25) is 0 Å². The van der Waals surface area contributed by atoms with E-state index in [-0.39, 0.29) is 11.8 Å². The number of likely N-dealkylation sites (tertiary alicyclic amines) is 1. The summed E-state index contributed by atoms with van der Waals surface area (Å²) >= 11 is 0. The summed E-state index contributed by atoms with van der Waals surface area (Å²) in [5.41, 5.74) is 1.17. The van der Waals surface area contributed by atoms with Crippen molar-refractivity contribution in [2.24, 2.45) is 11.8 Å². The van der Waals surface area contributed by atoms with Crippen molar-refractivity contribution in [3.63, 3.8) is 0 Å². The first-order chi connectivity index (χ1) is 12.0. The minimum absolute atomic E-state index is 0.0777. The van der Waals surface area contributed by atoms with E-state index in [1.165, 1.54) is 25.1 Å². The Bertz CT molecular complexity index is 508. The Balaban J connectivity index is 1.49. The molecule has 5 heteroatoms. The monoisotopic (exact) mass is 347 g/mol. The lowest BCUT2D eigenvalue weighted by Crippen LogP contribution is -2.41. The van der Waals surface area contributed by atoms with E-state index in [2.05, 4.69) is 29.4 Å². The number of carbonyl (C=O) groups excluding carboxylic acids is 1. The fourth-order valence-corrected chi connectivity index (χ4v) is 3.70. The van der Waals surface area contributed by atoms with Gasteiger partial charge in [-0.1, -0.05) is 26.0 Å². The summed E-state index contributed by atoms with van der Waals surface area (Å²) in [6.45, 7) is 9.48. The molecule has 0 aromatic heterocycles. The maximum atomic E-state index is 11.8. The van der Waals surface area contributed by atoms with Crippen LogP contribution in [0.25, 0.3) is 0 Å². The highest BCUT2D eigenvalue weighted by atomic mass is 16.3. The molecule has 1 aromatic carbocycles. The Morgan fingerprint density at radius 3 is 2.32 bits per heavy atom. The fourth-order valence-electron chi connectivity index (χ4n) is 3.70. The van der Waals surface area contributed by atoms with Crippen LogP contribution in [0.15, 0.2) is 24.3 Å². The van der Waals surface area contributed by atoms with Crippen LogP contribution in [-0.4, -0.2) is 48.8 Å². The number of nitrogens with zero attached hydrogens (tertiary/aromatic N) is 1. The fraction of sp³-hybridized carbons (Fsp3) is 0.650. The average Bonchev–Trinajstić information content (AvgIpc) is 2.56. The van der Waals surface area contributed by atoms with Crippen molar-refractivity contribution in [2.45, 2.75) is 39.5 Å². The second-order valence-corrected chi connectivity index (χ2v) is 7.51. The predicted octanol–water partition coefficient (Wildman–Crippen LogP) is 2.99. The number of phenols is 1. The molecule has 0 saturated carbocycles. The van der Waals surface area contributed by atoms with Crippen LogP contribution in [0.4, 0.5) is 4.79 Å². The summed E-state index contributed by atoms with van der Waals surface area (Å²) in [5.74, 6) is 1.86. The van der Waals surface area contributed by atoms with E-state index in [4.69, 9.17) is 0 Å². The highest BCUT2D eigenvalue weighted by molar-refractivity contribution is 5.73. The summed E-state index contributed by atoms with van der Waals surface area (Å²) in [6.07, 6.45) is 4.12. The number of amides is 2. The number of carbonyl (C=O) groups is 1. The molecule has 2 rings (SSSR count). The van der Waals surface area contributed by atoms with Crippen LogP contribution >= 0.6 is 0 Å². The van der Waals surface area contributed by atoms with Crippen LogP contribution in [-0.2, 0) is 6.42 Å². The third-order valence-electron chi connectivity index (χ3n) is 4.75. The van der Waals surface area contributed by atoms with Gasteiger partial charge in [-0.2, -0.15) is 0 Å². The van der Waals surface area contributed by atoms with Crippen LogP contribution in [0, 0.1) is 11.8 Å². The Kier molecular flexibility index (Phi) is 8.06. The van der Waals surface area contributed by atoms with Gasteiger partial charge in [-0.25, -0.2) is 4.79 Å². The van der Waals surface area contributed by atoms with E-state index in [9.17, 15) is 9.90 Å². The second-order valence-electron chi connectivity index (χ2n) is 7.51. The van der Waals surface area contributed by atoms with Gasteiger partial charge < -0.3 is 20.6 Å². The maximum Gasteiger partial charge on any atom is 0.314 e.